The van der Waals surface area contributed by atoms with E-state index in [2.05, 4.69) is 63.8 Å². The average molecular weight is 506 g/mol. The number of pyridine rings is 1. The normalized spacial score (nSPS) is 11.2. The van der Waals surface area contributed by atoms with Crippen LogP contribution in [0, 0.1) is 6.92 Å². The Morgan fingerprint density at radius 2 is 1.93 bits per heavy atom. The molecule has 2 heterocycles. The zero-order valence-electron chi connectivity index (χ0n) is 17.6. The van der Waals surface area contributed by atoms with Crippen LogP contribution in [0.5, 0.6) is 0 Å². The topological polar surface area (TPSA) is 68.3 Å². The number of hydrogen-bond donors (Lipinski definition) is 3. The van der Waals surface area contributed by atoms with Gasteiger partial charge in [0.1, 0.15) is 5.82 Å². The SMILES string of the molecule is CCNC(=NCc1cccc(N(C)C)n1)NCCc1c[nH]c2c(C)cccc12.I. The summed E-state index contributed by atoms with van der Waals surface area (Å²) in [4.78, 5) is 14.7. The van der Waals surface area contributed by atoms with Gasteiger partial charge in [-0.05, 0) is 43.5 Å². The molecule has 3 N–H and O–H groups in total. The highest BCUT2D eigenvalue weighted by molar-refractivity contribution is 14.0. The third kappa shape index (κ3) is 6.09. The summed E-state index contributed by atoms with van der Waals surface area (Å²) < 4.78 is 0. The monoisotopic (exact) mass is 506 g/mol. The molecule has 3 rings (SSSR count). The Kier molecular flexibility index (Phi) is 8.75. The van der Waals surface area contributed by atoms with E-state index in [1.807, 2.05) is 37.2 Å². The molecular weight excluding hydrogens is 475 g/mol. The van der Waals surface area contributed by atoms with Gasteiger partial charge < -0.3 is 20.5 Å². The first-order chi connectivity index (χ1) is 13.6. The lowest BCUT2D eigenvalue weighted by molar-refractivity contribution is 0.798. The number of guanidine groups is 1. The van der Waals surface area contributed by atoms with E-state index in [1.165, 1.54) is 22.0 Å². The summed E-state index contributed by atoms with van der Waals surface area (Å²) in [5, 5.41) is 8.04. The molecule has 6 nitrogen and oxygen atoms in total. The van der Waals surface area contributed by atoms with Gasteiger partial charge in [-0.3, -0.25) is 0 Å². The number of nitrogens with one attached hydrogen (secondary N) is 3. The molecule has 0 bridgehead atoms. The van der Waals surface area contributed by atoms with E-state index < -0.39 is 0 Å². The number of aryl methyl sites for hydroxylation is 1. The number of aliphatic imine (C=N–C) groups is 1. The lowest BCUT2D eigenvalue weighted by atomic mass is 10.1. The second-order valence-corrected chi connectivity index (χ2v) is 7.06. The first-order valence-corrected chi connectivity index (χ1v) is 9.79. The first-order valence-electron chi connectivity index (χ1n) is 9.79. The van der Waals surface area contributed by atoms with Crippen LogP contribution in [-0.4, -0.2) is 43.1 Å². The Labute approximate surface area is 190 Å². The largest absolute Gasteiger partial charge is 0.363 e. The summed E-state index contributed by atoms with van der Waals surface area (Å²) in [6.45, 7) is 6.39. The van der Waals surface area contributed by atoms with E-state index in [0.717, 1.165) is 37.0 Å². The molecule has 0 aliphatic rings. The number of anilines is 1. The molecule has 0 unspecified atom stereocenters. The summed E-state index contributed by atoms with van der Waals surface area (Å²) in [6.07, 6.45) is 3.04. The third-order valence-electron chi connectivity index (χ3n) is 4.69. The smallest absolute Gasteiger partial charge is 0.191 e. The van der Waals surface area contributed by atoms with Crippen LogP contribution in [0.4, 0.5) is 5.82 Å². The Morgan fingerprint density at radius 1 is 1.14 bits per heavy atom. The van der Waals surface area contributed by atoms with Crippen molar-refractivity contribution in [2.24, 2.45) is 4.99 Å². The van der Waals surface area contributed by atoms with Crippen LogP contribution in [0.15, 0.2) is 47.6 Å². The van der Waals surface area contributed by atoms with E-state index in [0.29, 0.717) is 6.54 Å². The summed E-state index contributed by atoms with van der Waals surface area (Å²) in [7, 11) is 3.99. The summed E-state index contributed by atoms with van der Waals surface area (Å²) in [6, 6.07) is 12.5. The molecule has 2 aromatic heterocycles. The third-order valence-corrected chi connectivity index (χ3v) is 4.69. The minimum absolute atomic E-state index is 0. The van der Waals surface area contributed by atoms with Gasteiger partial charge in [0, 0.05) is 44.3 Å². The molecule has 3 aromatic rings. The maximum Gasteiger partial charge on any atom is 0.191 e. The summed E-state index contributed by atoms with van der Waals surface area (Å²) in [5.74, 6) is 1.76. The van der Waals surface area contributed by atoms with Gasteiger partial charge in [0.05, 0.1) is 12.2 Å². The number of aromatic amines is 1. The van der Waals surface area contributed by atoms with Crippen LogP contribution < -0.4 is 15.5 Å². The van der Waals surface area contributed by atoms with E-state index in [-0.39, 0.29) is 24.0 Å². The number of halogens is 1. The van der Waals surface area contributed by atoms with Crippen molar-refractivity contribution < 1.29 is 0 Å². The fraction of sp³-hybridized carbons (Fsp3) is 0.364. The fourth-order valence-electron chi connectivity index (χ4n) is 3.19. The fourth-order valence-corrected chi connectivity index (χ4v) is 3.19. The van der Waals surface area contributed by atoms with Crippen molar-refractivity contribution in [3.05, 3.63) is 59.4 Å². The highest BCUT2D eigenvalue weighted by Crippen LogP contribution is 2.21. The lowest BCUT2D eigenvalue weighted by Gasteiger charge is -2.13. The van der Waals surface area contributed by atoms with Crippen molar-refractivity contribution in [2.45, 2.75) is 26.8 Å². The van der Waals surface area contributed by atoms with Crippen molar-refractivity contribution in [3.8, 4) is 0 Å². The Hall–Kier alpha value is -2.29. The van der Waals surface area contributed by atoms with Gasteiger partial charge in [-0.15, -0.1) is 24.0 Å². The van der Waals surface area contributed by atoms with E-state index >= 15 is 0 Å². The predicted molar refractivity (Wildman–Crippen MR) is 134 cm³/mol. The zero-order valence-corrected chi connectivity index (χ0v) is 20.0. The minimum atomic E-state index is 0. The Bertz CT molecular complexity index is 947. The molecule has 0 radical (unpaired) electrons. The minimum Gasteiger partial charge on any atom is -0.363 e. The molecule has 0 amide bonds. The first kappa shape index (κ1) is 23.0. The van der Waals surface area contributed by atoms with E-state index in [1.54, 1.807) is 0 Å². The highest BCUT2D eigenvalue weighted by Gasteiger charge is 2.06. The van der Waals surface area contributed by atoms with E-state index in [4.69, 9.17) is 0 Å². The molecular formula is C22H31IN6. The van der Waals surface area contributed by atoms with Gasteiger partial charge in [-0.2, -0.15) is 0 Å². The maximum absolute atomic E-state index is 4.69. The molecule has 0 aliphatic carbocycles. The van der Waals surface area contributed by atoms with Gasteiger partial charge in [0.25, 0.3) is 0 Å². The number of hydrogen-bond acceptors (Lipinski definition) is 3. The Morgan fingerprint density at radius 3 is 2.69 bits per heavy atom. The molecule has 7 heteroatoms. The van der Waals surface area contributed by atoms with Crippen molar-refractivity contribution in [1.82, 2.24) is 20.6 Å². The maximum atomic E-state index is 4.69. The standard InChI is InChI=1S/C22H30N6.HI/c1-5-23-22(26-15-18-9-7-11-20(27-18)28(3)4)24-13-12-17-14-25-21-16(2)8-6-10-19(17)21;/h6-11,14,25H,5,12-13,15H2,1-4H3,(H2,23,24,26);1H. The molecule has 0 saturated carbocycles. The average Bonchev–Trinajstić information content (AvgIpc) is 3.11. The number of aromatic nitrogens is 2. The van der Waals surface area contributed by atoms with Crippen molar-refractivity contribution >= 4 is 46.7 Å². The summed E-state index contributed by atoms with van der Waals surface area (Å²) >= 11 is 0. The van der Waals surface area contributed by atoms with Crippen molar-refractivity contribution in [1.29, 1.82) is 0 Å². The van der Waals surface area contributed by atoms with Crippen LogP contribution in [0.1, 0.15) is 23.7 Å². The summed E-state index contributed by atoms with van der Waals surface area (Å²) in [5.41, 5.74) is 4.78. The second kappa shape index (κ2) is 11.0. The highest BCUT2D eigenvalue weighted by atomic mass is 127. The van der Waals surface area contributed by atoms with E-state index in [9.17, 15) is 0 Å². The van der Waals surface area contributed by atoms with Gasteiger partial charge in [-0.25, -0.2) is 9.98 Å². The van der Waals surface area contributed by atoms with Gasteiger partial charge in [0.2, 0.25) is 0 Å². The molecule has 156 valence electrons. The number of nitrogens with zero attached hydrogens (tertiary/aromatic N) is 3. The number of H-pyrrole nitrogens is 1. The molecule has 0 fully saturated rings. The molecule has 1 aromatic carbocycles. The molecule has 0 spiro atoms. The molecule has 0 aliphatic heterocycles. The quantitative estimate of drug-likeness (QED) is 0.259. The number of benzene rings is 1. The second-order valence-electron chi connectivity index (χ2n) is 7.06. The lowest BCUT2D eigenvalue weighted by Crippen LogP contribution is -2.38. The molecule has 0 atom stereocenters. The van der Waals surface area contributed by atoms with Crippen LogP contribution in [-0.2, 0) is 13.0 Å². The van der Waals surface area contributed by atoms with Crippen molar-refractivity contribution in [2.75, 3.05) is 32.1 Å². The molecule has 0 saturated heterocycles. The number of rotatable bonds is 7. The van der Waals surface area contributed by atoms with Crippen molar-refractivity contribution in [3.63, 3.8) is 0 Å². The number of fused-ring (bicyclic) bond motifs is 1. The van der Waals surface area contributed by atoms with Crippen LogP contribution >= 0.6 is 24.0 Å². The molecule has 29 heavy (non-hydrogen) atoms. The van der Waals surface area contributed by atoms with Crippen LogP contribution in [0.25, 0.3) is 10.9 Å². The van der Waals surface area contributed by atoms with Crippen LogP contribution in [0.2, 0.25) is 0 Å². The van der Waals surface area contributed by atoms with Crippen LogP contribution in [0.3, 0.4) is 0 Å². The zero-order chi connectivity index (χ0) is 19.9. The number of para-hydroxylation sites is 1. The van der Waals surface area contributed by atoms with Gasteiger partial charge in [0.15, 0.2) is 5.96 Å². The van der Waals surface area contributed by atoms with Gasteiger partial charge >= 0.3 is 0 Å². The van der Waals surface area contributed by atoms with Gasteiger partial charge in [-0.1, -0.05) is 24.3 Å². The Balaban J connectivity index is 0.00000300. The predicted octanol–water partition coefficient (Wildman–Crippen LogP) is 3.85.